The predicted octanol–water partition coefficient (Wildman–Crippen LogP) is 3.06. The fourth-order valence-corrected chi connectivity index (χ4v) is 3.61. The fraction of sp³-hybridized carbons (Fsp3) is 0.286. The van der Waals surface area contributed by atoms with Gasteiger partial charge < -0.3 is 10.5 Å². The Labute approximate surface area is 179 Å². The first-order chi connectivity index (χ1) is 15.1. The maximum Gasteiger partial charge on any atom is 0.491 e. The molecule has 168 valence electrons. The van der Waals surface area contributed by atoms with E-state index < -0.39 is 40.7 Å². The van der Waals surface area contributed by atoms with E-state index in [4.69, 9.17) is 5.73 Å². The van der Waals surface area contributed by atoms with Crippen molar-refractivity contribution in [2.45, 2.75) is 38.7 Å². The van der Waals surface area contributed by atoms with Crippen molar-refractivity contribution in [2.75, 3.05) is 5.01 Å². The van der Waals surface area contributed by atoms with E-state index in [0.717, 1.165) is 27.9 Å². The molecule has 2 N–H and O–H groups in total. The van der Waals surface area contributed by atoms with Gasteiger partial charge in [-0.15, -0.1) is 0 Å². The SMILES string of the molecule is CC[C@H](N)c1nc2ccc(OC(=O)C(F)(F)F)c(F)c2c(=O)n1N1Cc2ccccc2C1. The van der Waals surface area contributed by atoms with E-state index in [1.54, 1.807) is 11.9 Å². The monoisotopic (exact) mass is 450 g/mol. The lowest BCUT2D eigenvalue weighted by Crippen LogP contribution is -2.43. The molecule has 1 atom stereocenters. The van der Waals surface area contributed by atoms with Crippen LogP contribution in [-0.2, 0) is 17.9 Å². The number of halogens is 4. The van der Waals surface area contributed by atoms with Crippen LogP contribution in [0.2, 0.25) is 0 Å². The van der Waals surface area contributed by atoms with Crippen LogP contribution in [0.15, 0.2) is 41.2 Å². The van der Waals surface area contributed by atoms with Crippen LogP contribution >= 0.6 is 0 Å². The number of hydrogen-bond acceptors (Lipinski definition) is 6. The Morgan fingerprint density at radius 3 is 2.38 bits per heavy atom. The number of carbonyl (C=O) groups excluding carboxylic acids is 1. The van der Waals surface area contributed by atoms with Gasteiger partial charge in [-0.2, -0.15) is 13.2 Å². The van der Waals surface area contributed by atoms with E-state index in [1.165, 1.54) is 0 Å². The van der Waals surface area contributed by atoms with Gasteiger partial charge in [-0.3, -0.25) is 9.80 Å². The molecule has 2 heterocycles. The highest BCUT2D eigenvalue weighted by atomic mass is 19.4. The minimum atomic E-state index is -5.32. The molecule has 11 heteroatoms. The zero-order valence-electron chi connectivity index (χ0n) is 16.8. The molecule has 0 unspecified atom stereocenters. The van der Waals surface area contributed by atoms with Crippen LogP contribution in [-0.4, -0.2) is 21.8 Å². The summed E-state index contributed by atoms with van der Waals surface area (Å²) >= 11 is 0. The van der Waals surface area contributed by atoms with Crippen LogP contribution in [0.4, 0.5) is 17.6 Å². The highest BCUT2D eigenvalue weighted by Crippen LogP contribution is 2.28. The Balaban J connectivity index is 1.88. The normalized spacial score (nSPS) is 14.5. The van der Waals surface area contributed by atoms with E-state index in [1.807, 2.05) is 24.3 Å². The third-order valence-corrected chi connectivity index (χ3v) is 5.26. The van der Waals surface area contributed by atoms with Gasteiger partial charge in [0, 0.05) is 0 Å². The summed E-state index contributed by atoms with van der Waals surface area (Å²) in [6, 6.07) is 8.78. The van der Waals surface area contributed by atoms with Crippen molar-refractivity contribution >= 4 is 16.9 Å². The molecule has 0 saturated heterocycles. The van der Waals surface area contributed by atoms with Gasteiger partial charge in [-0.1, -0.05) is 31.2 Å². The van der Waals surface area contributed by atoms with Crippen LogP contribution < -0.4 is 21.0 Å². The van der Waals surface area contributed by atoms with Crippen molar-refractivity contribution in [2.24, 2.45) is 5.73 Å². The molecule has 0 aliphatic carbocycles. The lowest BCUT2D eigenvalue weighted by Gasteiger charge is -2.26. The number of fused-ring (bicyclic) bond motifs is 2. The third kappa shape index (κ3) is 3.68. The molecule has 2 aromatic carbocycles. The summed E-state index contributed by atoms with van der Waals surface area (Å²) in [4.78, 5) is 28.9. The molecule has 1 aliphatic rings. The third-order valence-electron chi connectivity index (χ3n) is 5.26. The van der Waals surface area contributed by atoms with Gasteiger partial charge in [-0.25, -0.2) is 18.8 Å². The summed E-state index contributed by atoms with van der Waals surface area (Å²) in [5.41, 5.74) is 7.13. The van der Waals surface area contributed by atoms with E-state index in [2.05, 4.69) is 9.72 Å². The molecule has 0 radical (unpaired) electrons. The van der Waals surface area contributed by atoms with E-state index in [9.17, 15) is 22.8 Å². The minimum absolute atomic E-state index is 0.105. The Bertz CT molecular complexity index is 1250. The highest BCUT2D eigenvalue weighted by molar-refractivity contribution is 5.83. The summed E-state index contributed by atoms with van der Waals surface area (Å²) in [7, 11) is 0. The molecule has 0 fully saturated rings. The van der Waals surface area contributed by atoms with E-state index in [-0.39, 0.29) is 11.3 Å². The Kier molecular flexibility index (Phi) is 5.37. The Hall–Kier alpha value is -3.47. The Morgan fingerprint density at radius 1 is 1.19 bits per heavy atom. The van der Waals surface area contributed by atoms with Crippen LogP contribution in [0.3, 0.4) is 0 Å². The minimum Gasteiger partial charge on any atom is -0.417 e. The zero-order valence-corrected chi connectivity index (χ0v) is 16.8. The van der Waals surface area contributed by atoms with Crippen LogP contribution in [0.1, 0.15) is 36.3 Å². The smallest absolute Gasteiger partial charge is 0.417 e. The maximum absolute atomic E-state index is 15.1. The summed E-state index contributed by atoms with van der Waals surface area (Å²) in [6.07, 6.45) is -4.89. The number of hydrogen-bond donors (Lipinski definition) is 1. The first kappa shape index (κ1) is 21.8. The summed E-state index contributed by atoms with van der Waals surface area (Å²) in [6.45, 7) is 2.46. The van der Waals surface area contributed by atoms with Gasteiger partial charge in [-0.05, 0) is 29.7 Å². The zero-order chi connectivity index (χ0) is 23.2. The average Bonchev–Trinajstić information content (AvgIpc) is 3.17. The molecule has 4 rings (SSSR count). The number of nitrogens with zero attached hydrogens (tertiary/aromatic N) is 3. The molecular formula is C21H18F4N4O3. The number of ether oxygens (including phenoxy) is 1. The van der Waals surface area contributed by atoms with Gasteiger partial charge in [0.15, 0.2) is 11.6 Å². The second-order valence-corrected chi connectivity index (χ2v) is 7.35. The van der Waals surface area contributed by atoms with Gasteiger partial charge in [0.25, 0.3) is 5.56 Å². The van der Waals surface area contributed by atoms with Crippen molar-refractivity contribution in [1.29, 1.82) is 0 Å². The van der Waals surface area contributed by atoms with Crippen LogP contribution in [0, 0.1) is 5.82 Å². The molecule has 32 heavy (non-hydrogen) atoms. The quantitative estimate of drug-likeness (QED) is 0.373. The van der Waals surface area contributed by atoms with E-state index in [0.29, 0.717) is 19.5 Å². The lowest BCUT2D eigenvalue weighted by molar-refractivity contribution is -0.189. The maximum atomic E-state index is 15.1. The number of rotatable bonds is 4. The van der Waals surface area contributed by atoms with Gasteiger partial charge in [0.1, 0.15) is 11.2 Å². The molecule has 0 spiro atoms. The topological polar surface area (TPSA) is 90.5 Å². The second-order valence-electron chi connectivity index (χ2n) is 7.35. The van der Waals surface area contributed by atoms with Crippen molar-refractivity contribution in [3.8, 4) is 5.75 Å². The standard InChI is InChI=1S/C21H18F4N4O3/c1-2-13(26)18-27-14-7-8-15(32-20(31)21(23,24)25)17(22)16(14)19(30)29(18)28-9-11-5-3-4-6-12(11)10-28/h3-8,13H,2,9-10,26H2,1H3/t13-/m0/s1. The number of aromatic nitrogens is 2. The Morgan fingerprint density at radius 2 is 1.81 bits per heavy atom. The van der Waals surface area contributed by atoms with Gasteiger partial charge >= 0.3 is 12.1 Å². The van der Waals surface area contributed by atoms with Crippen molar-refractivity contribution in [3.05, 3.63) is 69.5 Å². The highest BCUT2D eigenvalue weighted by Gasteiger charge is 2.42. The van der Waals surface area contributed by atoms with Crippen molar-refractivity contribution < 1.29 is 27.1 Å². The molecule has 7 nitrogen and oxygen atoms in total. The fourth-order valence-electron chi connectivity index (χ4n) is 3.61. The molecular weight excluding hydrogens is 432 g/mol. The van der Waals surface area contributed by atoms with Gasteiger partial charge in [0.2, 0.25) is 0 Å². The molecule has 3 aromatic rings. The summed E-state index contributed by atoms with van der Waals surface area (Å²) in [5, 5.41) is 1.04. The van der Waals surface area contributed by atoms with Crippen LogP contribution in [0.5, 0.6) is 5.75 Å². The first-order valence-electron chi connectivity index (χ1n) is 9.73. The number of carbonyl (C=O) groups is 1. The van der Waals surface area contributed by atoms with E-state index >= 15 is 4.39 Å². The second kappa shape index (κ2) is 7.90. The van der Waals surface area contributed by atoms with Crippen molar-refractivity contribution in [1.82, 2.24) is 9.66 Å². The largest absolute Gasteiger partial charge is 0.491 e. The first-order valence-corrected chi connectivity index (χ1v) is 9.73. The number of esters is 1. The number of nitrogens with two attached hydrogens (primary N) is 1. The predicted molar refractivity (Wildman–Crippen MR) is 107 cm³/mol. The number of alkyl halides is 3. The molecule has 0 saturated carbocycles. The van der Waals surface area contributed by atoms with Crippen LogP contribution in [0.25, 0.3) is 10.9 Å². The lowest BCUT2D eigenvalue weighted by atomic mass is 10.1. The molecule has 1 aromatic heterocycles. The molecule has 0 bridgehead atoms. The van der Waals surface area contributed by atoms with Gasteiger partial charge in [0.05, 0.1) is 24.6 Å². The average molecular weight is 450 g/mol. The summed E-state index contributed by atoms with van der Waals surface area (Å²) < 4.78 is 58.0. The summed E-state index contributed by atoms with van der Waals surface area (Å²) in [5.74, 6) is -4.82. The number of benzene rings is 2. The molecule has 1 aliphatic heterocycles. The van der Waals surface area contributed by atoms with Crippen molar-refractivity contribution in [3.63, 3.8) is 0 Å². The molecule has 0 amide bonds.